The van der Waals surface area contributed by atoms with Gasteiger partial charge in [0.1, 0.15) is 0 Å². The summed E-state index contributed by atoms with van der Waals surface area (Å²) in [4.78, 5) is 2.35. The molecule has 0 saturated heterocycles. The van der Waals surface area contributed by atoms with Gasteiger partial charge < -0.3 is 4.90 Å². The molecule has 42 heavy (non-hydrogen) atoms. The van der Waals surface area contributed by atoms with Crippen LogP contribution in [0.3, 0.4) is 0 Å². The summed E-state index contributed by atoms with van der Waals surface area (Å²) in [6, 6.07) is 29.2. The highest BCUT2D eigenvalue weighted by Gasteiger charge is 2.72. The van der Waals surface area contributed by atoms with Crippen LogP contribution in [0.5, 0.6) is 0 Å². The number of benzene rings is 4. The summed E-state index contributed by atoms with van der Waals surface area (Å²) in [5.74, 6) is 0. The van der Waals surface area contributed by atoms with Gasteiger partial charge in [-0.15, -0.1) is 0 Å². The molecular weight excluding hydrogens is 642 g/mol. The second-order valence-electron chi connectivity index (χ2n) is 14.9. The number of aryl methyl sites for hydroxylation is 1. The van der Waals surface area contributed by atoms with Crippen LogP contribution in [0.15, 0.2) is 87.8 Å². The normalized spacial score (nSPS) is 19.9. The van der Waals surface area contributed by atoms with E-state index in [2.05, 4.69) is 185 Å². The summed E-state index contributed by atoms with van der Waals surface area (Å²) >= 11 is 7.25. The van der Waals surface area contributed by atoms with E-state index in [4.69, 9.17) is 0 Å². The minimum absolute atomic E-state index is 0.0437. The van der Waals surface area contributed by atoms with Crippen molar-refractivity contribution in [1.29, 1.82) is 0 Å². The van der Waals surface area contributed by atoms with E-state index >= 15 is 0 Å². The minimum Gasteiger partial charge on any atom is -0.310 e. The Bertz CT molecular complexity index is 1610. The van der Waals surface area contributed by atoms with Gasteiger partial charge in [-0.05, 0) is 123 Å². The van der Waals surface area contributed by atoms with Gasteiger partial charge in [0.2, 0.25) is 0 Å². The number of hydrogen-bond acceptors (Lipinski definition) is 1. The Labute approximate surface area is 270 Å². The Balaban J connectivity index is 1.59. The van der Waals surface area contributed by atoms with E-state index in [-0.39, 0.29) is 27.1 Å². The van der Waals surface area contributed by atoms with Gasteiger partial charge in [0.15, 0.2) is 0 Å². The zero-order chi connectivity index (χ0) is 30.6. The molecule has 0 N–H and O–H groups in total. The number of rotatable bonds is 4. The van der Waals surface area contributed by atoms with E-state index in [1.807, 2.05) is 0 Å². The largest absolute Gasteiger partial charge is 0.310 e. The van der Waals surface area contributed by atoms with Gasteiger partial charge in [-0.3, -0.25) is 0 Å². The predicted octanol–water partition coefficient (Wildman–Crippen LogP) is 12.5. The second-order valence-corrected chi connectivity index (χ2v) is 16.7. The lowest BCUT2D eigenvalue weighted by Gasteiger charge is -2.56. The number of hydrogen-bond donors (Lipinski definition) is 0. The Kier molecular flexibility index (Phi) is 6.59. The maximum atomic E-state index is 3.62. The van der Waals surface area contributed by atoms with Crippen LogP contribution < -0.4 is 4.90 Å². The van der Waals surface area contributed by atoms with Crippen molar-refractivity contribution in [3.8, 4) is 11.1 Å². The summed E-state index contributed by atoms with van der Waals surface area (Å²) in [5, 5.41) is 0. The smallest absolute Gasteiger partial charge is 0.0467 e. The fraction of sp³-hybridized carbons (Fsp3) is 0.385. The van der Waals surface area contributed by atoms with Crippen LogP contribution in [-0.2, 0) is 16.2 Å². The van der Waals surface area contributed by atoms with E-state index < -0.39 is 0 Å². The van der Waals surface area contributed by atoms with Crippen molar-refractivity contribution >= 4 is 48.9 Å². The average molecular weight is 686 g/mol. The highest BCUT2D eigenvalue weighted by molar-refractivity contribution is 9.10. The molecule has 6 rings (SSSR count). The van der Waals surface area contributed by atoms with Crippen LogP contribution in [-0.4, -0.2) is 0 Å². The summed E-state index contributed by atoms with van der Waals surface area (Å²) in [7, 11) is 0. The third-order valence-electron chi connectivity index (χ3n) is 12.6. The molecule has 2 aliphatic carbocycles. The van der Waals surface area contributed by atoms with Crippen LogP contribution in [0.4, 0.5) is 17.1 Å². The van der Waals surface area contributed by atoms with Crippen LogP contribution in [0.25, 0.3) is 11.1 Å². The molecule has 0 atom stereocenters. The van der Waals surface area contributed by atoms with Gasteiger partial charge in [0, 0.05) is 31.4 Å². The fourth-order valence-electron chi connectivity index (χ4n) is 8.34. The summed E-state index contributed by atoms with van der Waals surface area (Å²) in [5.41, 5.74) is 12.4. The molecule has 0 spiro atoms. The van der Waals surface area contributed by atoms with Crippen molar-refractivity contribution in [3.05, 3.63) is 110 Å². The van der Waals surface area contributed by atoms with Crippen LogP contribution >= 0.6 is 31.9 Å². The molecule has 0 fully saturated rings. The number of nitrogens with zero attached hydrogens (tertiary/aromatic N) is 1. The number of halogens is 2. The first kappa shape index (κ1) is 29.7. The van der Waals surface area contributed by atoms with Crippen molar-refractivity contribution < 1.29 is 0 Å². The molecule has 4 aromatic rings. The van der Waals surface area contributed by atoms with Gasteiger partial charge in [-0.1, -0.05) is 112 Å². The molecule has 218 valence electrons. The van der Waals surface area contributed by atoms with Gasteiger partial charge in [0.25, 0.3) is 0 Å². The zero-order valence-electron chi connectivity index (χ0n) is 26.7. The van der Waals surface area contributed by atoms with Crippen molar-refractivity contribution in [1.82, 2.24) is 0 Å². The standard InChI is InChI=1S/C39H43Br2N/c1-24-11-16-30(42(28-17-12-26(40)13-18-28)29-19-14-27(41)15-20-29)23-31(24)25-21-32-34-33(22-25)36(4,5)38(8,9)39(34,10)37(6,7)35(32,2)3/h11-23H,1-10H3. The summed E-state index contributed by atoms with van der Waals surface area (Å²) in [6.45, 7) is 24.8. The van der Waals surface area contributed by atoms with Crippen molar-refractivity contribution in [2.75, 3.05) is 4.90 Å². The molecule has 0 aliphatic heterocycles. The third-order valence-corrected chi connectivity index (χ3v) is 13.6. The molecule has 2 aliphatic rings. The molecule has 4 aromatic carbocycles. The first-order valence-corrected chi connectivity index (χ1v) is 16.7. The molecule has 3 heteroatoms. The second kappa shape index (κ2) is 9.32. The Hall–Kier alpha value is -2.36. The topological polar surface area (TPSA) is 3.24 Å². The molecule has 0 aromatic heterocycles. The highest BCUT2D eigenvalue weighted by atomic mass is 79.9. The highest BCUT2D eigenvalue weighted by Crippen LogP contribution is 2.76. The van der Waals surface area contributed by atoms with E-state index in [0.29, 0.717) is 0 Å². The van der Waals surface area contributed by atoms with Crippen molar-refractivity contribution in [3.63, 3.8) is 0 Å². The van der Waals surface area contributed by atoms with E-state index in [1.54, 1.807) is 5.56 Å². The maximum Gasteiger partial charge on any atom is 0.0467 e. The first-order valence-electron chi connectivity index (χ1n) is 15.1. The van der Waals surface area contributed by atoms with E-state index in [9.17, 15) is 0 Å². The molecule has 0 heterocycles. The maximum absolute atomic E-state index is 3.62. The Morgan fingerprint density at radius 2 is 0.929 bits per heavy atom. The summed E-state index contributed by atoms with van der Waals surface area (Å²) < 4.78 is 2.15. The minimum atomic E-state index is 0.0437. The molecule has 1 nitrogen and oxygen atoms in total. The zero-order valence-corrected chi connectivity index (χ0v) is 29.9. The van der Waals surface area contributed by atoms with E-state index in [1.165, 1.54) is 27.8 Å². The molecule has 0 saturated carbocycles. The lowest BCUT2D eigenvalue weighted by Crippen LogP contribution is -2.55. The van der Waals surface area contributed by atoms with Gasteiger partial charge in [-0.2, -0.15) is 0 Å². The van der Waals surface area contributed by atoms with Gasteiger partial charge in [0.05, 0.1) is 0 Å². The van der Waals surface area contributed by atoms with E-state index in [0.717, 1.165) is 26.0 Å². The molecule has 0 amide bonds. The van der Waals surface area contributed by atoms with Crippen LogP contribution in [0.1, 0.15) is 84.6 Å². The van der Waals surface area contributed by atoms with Crippen molar-refractivity contribution in [2.45, 2.75) is 85.5 Å². The van der Waals surface area contributed by atoms with Gasteiger partial charge in [-0.25, -0.2) is 0 Å². The van der Waals surface area contributed by atoms with Crippen LogP contribution in [0, 0.1) is 17.8 Å². The van der Waals surface area contributed by atoms with Crippen LogP contribution in [0.2, 0.25) is 0 Å². The SMILES string of the molecule is Cc1ccc(N(c2ccc(Br)cc2)c2ccc(Br)cc2)cc1-c1cc2c3c(c1)C(C)(C)C(C)(C)C3(C)C(C)(C)C2(C)C. The summed E-state index contributed by atoms with van der Waals surface area (Å²) in [6.07, 6.45) is 0. The third kappa shape index (κ3) is 3.71. The molecule has 0 radical (unpaired) electrons. The quantitative estimate of drug-likeness (QED) is 0.207. The average Bonchev–Trinajstić information content (AvgIpc) is 3.14. The Morgan fingerprint density at radius 3 is 1.36 bits per heavy atom. The lowest BCUT2D eigenvalue weighted by atomic mass is 9.47. The molecule has 0 unspecified atom stereocenters. The first-order chi connectivity index (χ1) is 19.5. The molecule has 0 bridgehead atoms. The molecular formula is C39H43Br2N. The van der Waals surface area contributed by atoms with Gasteiger partial charge >= 0.3 is 0 Å². The monoisotopic (exact) mass is 683 g/mol. The lowest BCUT2D eigenvalue weighted by molar-refractivity contribution is -0.0105. The predicted molar refractivity (Wildman–Crippen MR) is 188 cm³/mol. The number of anilines is 3. The fourth-order valence-corrected chi connectivity index (χ4v) is 8.87. The van der Waals surface area contributed by atoms with Crippen molar-refractivity contribution in [2.24, 2.45) is 10.8 Å². The Morgan fingerprint density at radius 1 is 0.524 bits per heavy atom.